The molecule has 3 aromatic rings. The molecular formula is C30H39N3O4. The molecule has 0 saturated carbocycles. The predicted octanol–water partition coefficient (Wildman–Crippen LogP) is 5.19. The molecule has 0 aliphatic heterocycles. The number of carbonyl (C=O) groups excluding carboxylic acids is 2. The number of esters is 1. The van der Waals surface area contributed by atoms with Gasteiger partial charge in [0.15, 0.2) is 5.60 Å². The van der Waals surface area contributed by atoms with E-state index in [2.05, 4.69) is 60.6 Å². The summed E-state index contributed by atoms with van der Waals surface area (Å²) in [5.74, 6) is 0.0879. The molecule has 0 spiro atoms. The third-order valence-corrected chi connectivity index (χ3v) is 6.10. The first-order valence-corrected chi connectivity index (χ1v) is 12.7. The number of aryl methyl sites for hydroxylation is 1. The highest BCUT2D eigenvalue weighted by atomic mass is 16.6. The van der Waals surface area contributed by atoms with Crippen molar-refractivity contribution in [3.05, 3.63) is 82.2 Å². The van der Waals surface area contributed by atoms with Crippen molar-refractivity contribution in [2.75, 3.05) is 6.61 Å². The Balaban J connectivity index is 1.51. The van der Waals surface area contributed by atoms with Crippen molar-refractivity contribution < 1.29 is 19.1 Å². The van der Waals surface area contributed by atoms with Crippen LogP contribution in [0.4, 0.5) is 0 Å². The lowest BCUT2D eigenvalue weighted by Crippen LogP contribution is -2.39. The van der Waals surface area contributed by atoms with E-state index in [1.54, 1.807) is 20.8 Å². The van der Waals surface area contributed by atoms with Crippen LogP contribution >= 0.6 is 0 Å². The summed E-state index contributed by atoms with van der Waals surface area (Å²) in [7, 11) is 0. The van der Waals surface area contributed by atoms with E-state index in [1.165, 1.54) is 11.1 Å². The fraction of sp³-hybridized carbons (Fsp3) is 0.433. The summed E-state index contributed by atoms with van der Waals surface area (Å²) in [6.07, 6.45) is 0.938. The van der Waals surface area contributed by atoms with Gasteiger partial charge in [0, 0.05) is 18.7 Å². The zero-order chi connectivity index (χ0) is 27.2. The van der Waals surface area contributed by atoms with Crippen molar-refractivity contribution >= 4 is 11.9 Å². The van der Waals surface area contributed by atoms with Gasteiger partial charge in [-0.3, -0.25) is 9.89 Å². The summed E-state index contributed by atoms with van der Waals surface area (Å²) >= 11 is 0. The number of hydrogen-bond donors (Lipinski definition) is 2. The molecule has 0 unspecified atom stereocenters. The maximum Gasteiger partial charge on any atom is 0.349 e. The van der Waals surface area contributed by atoms with E-state index >= 15 is 0 Å². The Kier molecular flexibility index (Phi) is 8.79. The van der Waals surface area contributed by atoms with Crippen LogP contribution in [0.15, 0.2) is 48.5 Å². The largest absolute Gasteiger partial charge is 0.476 e. The number of aromatic nitrogens is 2. The Morgan fingerprint density at radius 2 is 1.65 bits per heavy atom. The molecule has 1 aromatic heterocycles. The summed E-state index contributed by atoms with van der Waals surface area (Å²) in [5.41, 5.74) is 5.03. The van der Waals surface area contributed by atoms with Gasteiger partial charge in [-0.2, -0.15) is 5.10 Å². The molecule has 7 nitrogen and oxygen atoms in total. The van der Waals surface area contributed by atoms with Gasteiger partial charge in [0.1, 0.15) is 5.75 Å². The molecule has 1 amide bonds. The summed E-state index contributed by atoms with van der Waals surface area (Å²) in [5, 5.41) is 10.3. The van der Waals surface area contributed by atoms with E-state index in [4.69, 9.17) is 9.47 Å². The molecule has 7 heteroatoms. The van der Waals surface area contributed by atoms with Gasteiger partial charge in [0.25, 0.3) is 0 Å². The van der Waals surface area contributed by atoms with Crippen LogP contribution in [0.1, 0.15) is 75.2 Å². The van der Waals surface area contributed by atoms with Crippen LogP contribution in [0.5, 0.6) is 5.75 Å². The number of aromatic amines is 1. The standard InChI is InChI=1S/C30H39N3O4/c1-8-36-28(35)30(6,7)37-26-14-11-22(15-20(26)2)19-31-27(34)18-25-17-24(32-33-25)16-21-9-12-23(13-10-21)29(3,4)5/h9-15,17H,8,16,18-19H2,1-7H3,(H,31,34)(H,32,33). The van der Waals surface area contributed by atoms with Crippen LogP contribution in [0, 0.1) is 6.92 Å². The fourth-order valence-corrected chi connectivity index (χ4v) is 3.92. The molecule has 0 saturated heterocycles. The van der Waals surface area contributed by atoms with Crippen LogP contribution in [0.25, 0.3) is 0 Å². The Bertz CT molecular complexity index is 1220. The number of hydrogen-bond acceptors (Lipinski definition) is 5. The maximum absolute atomic E-state index is 12.5. The van der Waals surface area contributed by atoms with Crippen molar-refractivity contribution in [2.24, 2.45) is 0 Å². The molecular weight excluding hydrogens is 466 g/mol. The van der Waals surface area contributed by atoms with E-state index in [0.29, 0.717) is 24.6 Å². The number of amides is 1. The van der Waals surface area contributed by atoms with E-state index in [1.807, 2.05) is 31.2 Å². The molecule has 2 N–H and O–H groups in total. The third kappa shape index (κ3) is 7.94. The van der Waals surface area contributed by atoms with Gasteiger partial charge in [-0.1, -0.05) is 57.2 Å². The maximum atomic E-state index is 12.5. The van der Waals surface area contributed by atoms with Crippen LogP contribution in [-0.4, -0.2) is 34.3 Å². The van der Waals surface area contributed by atoms with E-state index in [0.717, 1.165) is 23.2 Å². The van der Waals surface area contributed by atoms with Crippen LogP contribution < -0.4 is 10.1 Å². The van der Waals surface area contributed by atoms with Gasteiger partial charge < -0.3 is 14.8 Å². The highest BCUT2D eigenvalue weighted by Crippen LogP contribution is 2.25. The molecule has 0 aliphatic rings. The Hall–Kier alpha value is -3.61. The number of nitrogens with one attached hydrogen (secondary N) is 2. The minimum absolute atomic E-state index is 0.103. The predicted molar refractivity (Wildman–Crippen MR) is 145 cm³/mol. The van der Waals surface area contributed by atoms with E-state index in [9.17, 15) is 9.59 Å². The van der Waals surface area contributed by atoms with Crippen molar-refractivity contribution in [3.63, 3.8) is 0 Å². The van der Waals surface area contributed by atoms with Gasteiger partial charge in [0.05, 0.1) is 18.7 Å². The molecule has 0 atom stereocenters. The zero-order valence-electron chi connectivity index (χ0n) is 23.0. The number of carbonyl (C=O) groups is 2. The average molecular weight is 506 g/mol. The van der Waals surface area contributed by atoms with E-state index in [-0.39, 0.29) is 17.7 Å². The third-order valence-electron chi connectivity index (χ3n) is 6.10. The first-order valence-electron chi connectivity index (χ1n) is 12.7. The molecule has 198 valence electrons. The Morgan fingerprint density at radius 3 is 2.27 bits per heavy atom. The summed E-state index contributed by atoms with van der Waals surface area (Å²) in [4.78, 5) is 24.6. The van der Waals surface area contributed by atoms with E-state index < -0.39 is 11.6 Å². The molecule has 0 bridgehead atoms. The fourth-order valence-electron chi connectivity index (χ4n) is 3.92. The topological polar surface area (TPSA) is 93.3 Å². The molecule has 2 aromatic carbocycles. The minimum Gasteiger partial charge on any atom is -0.476 e. The highest BCUT2D eigenvalue weighted by molar-refractivity contribution is 5.79. The molecule has 0 aliphatic carbocycles. The molecule has 1 heterocycles. The second kappa shape index (κ2) is 11.6. The van der Waals surface area contributed by atoms with Crippen LogP contribution in [0.3, 0.4) is 0 Å². The monoisotopic (exact) mass is 505 g/mol. The molecule has 3 rings (SSSR count). The SMILES string of the molecule is CCOC(=O)C(C)(C)Oc1ccc(CNC(=O)Cc2cc(Cc3ccc(C(C)(C)C)cc3)[nH]n2)cc1C. The van der Waals surface area contributed by atoms with Crippen molar-refractivity contribution in [1.82, 2.24) is 15.5 Å². The average Bonchev–Trinajstić information content (AvgIpc) is 3.25. The first kappa shape index (κ1) is 28.0. The lowest BCUT2D eigenvalue weighted by molar-refractivity contribution is -0.158. The normalized spacial score (nSPS) is 11.8. The number of rotatable bonds is 10. The smallest absolute Gasteiger partial charge is 0.349 e. The quantitative estimate of drug-likeness (QED) is 0.370. The van der Waals surface area contributed by atoms with Gasteiger partial charge in [-0.05, 0) is 67.5 Å². The molecule has 37 heavy (non-hydrogen) atoms. The van der Waals surface area contributed by atoms with Gasteiger partial charge in [-0.15, -0.1) is 0 Å². The summed E-state index contributed by atoms with van der Waals surface area (Å²) < 4.78 is 11.0. The minimum atomic E-state index is -1.09. The summed E-state index contributed by atoms with van der Waals surface area (Å²) in [6, 6.07) is 16.2. The lowest BCUT2D eigenvalue weighted by Gasteiger charge is -2.25. The zero-order valence-corrected chi connectivity index (χ0v) is 23.0. The molecule has 0 radical (unpaired) electrons. The van der Waals surface area contributed by atoms with Crippen LogP contribution in [-0.2, 0) is 39.1 Å². The number of H-pyrrole nitrogens is 1. The van der Waals surface area contributed by atoms with Crippen molar-refractivity contribution in [3.8, 4) is 5.75 Å². The number of benzene rings is 2. The molecule has 0 fully saturated rings. The Labute approximate surface area is 220 Å². The van der Waals surface area contributed by atoms with Gasteiger partial charge in [0.2, 0.25) is 5.91 Å². The van der Waals surface area contributed by atoms with Crippen LogP contribution in [0.2, 0.25) is 0 Å². The van der Waals surface area contributed by atoms with Crippen molar-refractivity contribution in [2.45, 2.75) is 78.9 Å². The van der Waals surface area contributed by atoms with Crippen molar-refractivity contribution in [1.29, 1.82) is 0 Å². The summed E-state index contributed by atoms with van der Waals surface area (Å²) in [6.45, 7) is 14.3. The number of ether oxygens (including phenoxy) is 2. The lowest BCUT2D eigenvalue weighted by atomic mass is 9.86. The second-order valence-electron chi connectivity index (χ2n) is 10.9. The first-order chi connectivity index (χ1) is 17.4. The van der Waals surface area contributed by atoms with Gasteiger partial charge in [-0.25, -0.2) is 4.79 Å². The Morgan fingerprint density at radius 1 is 0.973 bits per heavy atom. The second-order valence-corrected chi connectivity index (χ2v) is 10.9. The number of nitrogens with zero attached hydrogens (tertiary/aromatic N) is 1. The highest BCUT2D eigenvalue weighted by Gasteiger charge is 2.32. The van der Waals surface area contributed by atoms with Gasteiger partial charge >= 0.3 is 5.97 Å².